The lowest BCUT2D eigenvalue weighted by Gasteiger charge is -2.48. The van der Waals surface area contributed by atoms with Crippen LogP contribution in [0.4, 0.5) is 4.79 Å². The lowest BCUT2D eigenvalue weighted by molar-refractivity contribution is -0.267. The maximum absolute atomic E-state index is 14.4. The molecule has 0 bridgehead atoms. The van der Waals surface area contributed by atoms with Crippen LogP contribution in [0.2, 0.25) is 0 Å². The van der Waals surface area contributed by atoms with Crippen LogP contribution >= 0.6 is 11.8 Å². The van der Waals surface area contributed by atoms with Gasteiger partial charge in [-0.2, -0.15) is 0 Å². The van der Waals surface area contributed by atoms with Crippen LogP contribution in [0, 0.1) is 0 Å². The zero-order valence-electron chi connectivity index (χ0n) is 36.7. The van der Waals surface area contributed by atoms with Crippen LogP contribution in [0.5, 0.6) is 0 Å². The lowest BCUT2D eigenvalue weighted by Crippen LogP contribution is -2.61. The molecule has 6 atom stereocenters. The van der Waals surface area contributed by atoms with E-state index in [-0.39, 0.29) is 50.1 Å². The fourth-order valence-corrected chi connectivity index (χ4v) is 8.46. The molecular formula is C52H55NO11S. The Morgan fingerprint density at radius 3 is 1.58 bits per heavy atom. The van der Waals surface area contributed by atoms with Gasteiger partial charge in [0.2, 0.25) is 6.29 Å². The maximum atomic E-state index is 14.4. The number of hydrogen-bond donors (Lipinski definition) is 1. The summed E-state index contributed by atoms with van der Waals surface area (Å²) in [6.07, 6.45) is -4.34. The number of carbonyl (C=O) groups excluding carboxylic acids is 3. The van der Waals surface area contributed by atoms with Gasteiger partial charge in [-0.25, -0.2) is 14.4 Å². The van der Waals surface area contributed by atoms with Crippen molar-refractivity contribution in [3.8, 4) is 0 Å². The topological polar surface area (TPSA) is 137 Å². The third kappa shape index (κ3) is 14.3. The summed E-state index contributed by atoms with van der Waals surface area (Å²) in [7, 11) is 0. The Labute approximate surface area is 384 Å². The summed E-state index contributed by atoms with van der Waals surface area (Å²) in [5.74, 6) is -1.41. The van der Waals surface area contributed by atoms with E-state index >= 15 is 0 Å². The molecule has 5 aromatic rings. The van der Waals surface area contributed by atoms with Crippen molar-refractivity contribution >= 4 is 29.8 Å². The Balaban J connectivity index is 1.23. The zero-order chi connectivity index (χ0) is 45.4. The monoisotopic (exact) mass is 901 g/mol. The fourth-order valence-electron chi connectivity index (χ4n) is 7.17. The highest BCUT2D eigenvalue weighted by molar-refractivity contribution is 8.04. The van der Waals surface area contributed by atoms with Gasteiger partial charge in [-0.15, -0.1) is 11.8 Å². The Morgan fingerprint density at radius 2 is 1.08 bits per heavy atom. The Bertz CT molecular complexity index is 2290. The van der Waals surface area contributed by atoms with E-state index in [0.29, 0.717) is 6.61 Å². The van der Waals surface area contributed by atoms with E-state index in [0.717, 1.165) is 39.6 Å². The van der Waals surface area contributed by atoms with E-state index in [1.54, 1.807) is 20.8 Å². The van der Waals surface area contributed by atoms with Crippen LogP contribution in [-0.2, 0) is 80.5 Å². The predicted molar refractivity (Wildman–Crippen MR) is 245 cm³/mol. The SMILES string of the molecule is CC(C)(C)OC(=O)N[C@@H](CC1=C(C(=O)OCc2ccccc2)S[C@H]2[C@@H](O1)O[C@H](COCc1ccccc1)[C@@H](OCc1ccccc1)[C@@H]2OCc1ccccc1)C(=O)OCc1ccccc1. The van der Waals surface area contributed by atoms with Crippen LogP contribution in [0.25, 0.3) is 0 Å². The molecule has 2 aliphatic heterocycles. The Morgan fingerprint density at radius 1 is 0.615 bits per heavy atom. The molecule has 0 aliphatic carbocycles. The number of fused-ring (bicyclic) bond motifs is 1. The van der Waals surface area contributed by atoms with Crippen LogP contribution in [0.1, 0.15) is 55.0 Å². The van der Waals surface area contributed by atoms with E-state index in [2.05, 4.69) is 5.32 Å². The standard InChI is InChI=1S/C52H55NO11S/c1-52(2,3)64-51(56)53-41(48(54)60-33-39-25-15-7-16-26-39)29-42-46(49(55)61-34-40-27-17-8-18-28-40)65-47-45(59-32-38-23-13-6-14-24-38)44(58-31-37-21-11-5-12-22-37)43(63-50(47)62-42)35-57-30-36-19-9-4-10-20-36/h4-28,41,43-45,47,50H,29-35H2,1-3H3,(H,53,56)/t41-,43+,44+,45-,47+,50-/m0/s1. The molecule has 5 aromatic carbocycles. The molecule has 7 rings (SSSR count). The van der Waals surface area contributed by atoms with Crippen molar-refractivity contribution in [3.63, 3.8) is 0 Å². The highest BCUT2D eigenvalue weighted by Gasteiger charge is 2.53. The van der Waals surface area contributed by atoms with Gasteiger partial charge in [0.05, 0.1) is 26.4 Å². The minimum absolute atomic E-state index is 0.0299. The highest BCUT2D eigenvalue weighted by atomic mass is 32.2. The van der Waals surface area contributed by atoms with E-state index in [9.17, 15) is 14.4 Å². The average Bonchev–Trinajstić information content (AvgIpc) is 3.32. The van der Waals surface area contributed by atoms with Crippen LogP contribution in [0.15, 0.2) is 162 Å². The molecule has 340 valence electrons. The molecule has 65 heavy (non-hydrogen) atoms. The Hall–Kier alpha value is -5.96. The zero-order valence-corrected chi connectivity index (χ0v) is 37.6. The van der Waals surface area contributed by atoms with Crippen molar-refractivity contribution in [3.05, 3.63) is 190 Å². The molecule has 2 heterocycles. The first-order valence-corrected chi connectivity index (χ1v) is 22.5. The molecule has 1 fully saturated rings. The molecule has 13 heteroatoms. The third-order valence-electron chi connectivity index (χ3n) is 10.3. The van der Waals surface area contributed by atoms with Gasteiger partial charge in [0.1, 0.15) is 59.1 Å². The van der Waals surface area contributed by atoms with Gasteiger partial charge in [-0.05, 0) is 48.6 Å². The molecule has 1 N–H and O–H groups in total. The average molecular weight is 902 g/mol. The van der Waals surface area contributed by atoms with Crippen LogP contribution < -0.4 is 5.32 Å². The number of nitrogens with one attached hydrogen (secondary N) is 1. The number of esters is 2. The summed E-state index contributed by atoms with van der Waals surface area (Å²) in [5.41, 5.74) is 3.50. The Kier molecular flexibility index (Phi) is 16.8. The van der Waals surface area contributed by atoms with Crippen molar-refractivity contribution in [1.82, 2.24) is 5.32 Å². The van der Waals surface area contributed by atoms with Gasteiger partial charge in [-0.3, -0.25) is 0 Å². The number of benzene rings is 5. The number of hydrogen-bond acceptors (Lipinski definition) is 12. The van der Waals surface area contributed by atoms with Crippen molar-refractivity contribution in [2.24, 2.45) is 0 Å². The summed E-state index contributed by atoms with van der Waals surface area (Å²) in [6, 6.07) is 46.5. The first-order chi connectivity index (χ1) is 31.6. The quantitative estimate of drug-likeness (QED) is 0.0625. The normalized spacial score (nSPS) is 19.8. The van der Waals surface area contributed by atoms with Gasteiger partial charge in [0, 0.05) is 6.42 Å². The lowest BCUT2D eigenvalue weighted by atomic mass is 9.99. The molecule has 1 amide bonds. The minimum atomic E-state index is -1.35. The maximum Gasteiger partial charge on any atom is 0.408 e. The predicted octanol–water partition coefficient (Wildman–Crippen LogP) is 9.21. The highest BCUT2D eigenvalue weighted by Crippen LogP contribution is 2.45. The minimum Gasteiger partial charge on any atom is -0.466 e. The summed E-state index contributed by atoms with van der Waals surface area (Å²) in [4.78, 5) is 41.8. The largest absolute Gasteiger partial charge is 0.466 e. The van der Waals surface area contributed by atoms with Gasteiger partial charge in [-0.1, -0.05) is 152 Å². The van der Waals surface area contributed by atoms with E-state index in [1.807, 2.05) is 152 Å². The summed E-state index contributed by atoms with van der Waals surface area (Å²) in [6.45, 7) is 5.95. The van der Waals surface area contributed by atoms with Crippen molar-refractivity contribution in [2.45, 2.75) is 102 Å². The smallest absolute Gasteiger partial charge is 0.408 e. The molecule has 0 unspecified atom stereocenters. The van der Waals surface area contributed by atoms with Gasteiger partial charge in [0.25, 0.3) is 0 Å². The number of rotatable bonds is 19. The number of alkyl carbamates (subject to hydrolysis) is 1. The van der Waals surface area contributed by atoms with Crippen molar-refractivity contribution < 1.29 is 52.3 Å². The number of carbonyl (C=O) groups is 3. The first kappa shape index (κ1) is 47.0. The summed E-state index contributed by atoms with van der Waals surface area (Å²) < 4.78 is 50.7. The molecule has 0 spiro atoms. The molecule has 1 saturated heterocycles. The molecular weight excluding hydrogens is 847 g/mol. The fraction of sp³-hybridized carbons (Fsp3) is 0.327. The van der Waals surface area contributed by atoms with Gasteiger partial charge in [0.15, 0.2) is 0 Å². The molecule has 2 aliphatic rings. The molecule has 0 saturated carbocycles. The van der Waals surface area contributed by atoms with Crippen molar-refractivity contribution in [1.29, 1.82) is 0 Å². The number of thioether (sulfide) groups is 1. The first-order valence-electron chi connectivity index (χ1n) is 21.6. The summed E-state index contributed by atoms with van der Waals surface area (Å²) >= 11 is 1.16. The van der Waals surface area contributed by atoms with E-state index < -0.39 is 59.5 Å². The second kappa shape index (κ2) is 23.3. The van der Waals surface area contributed by atoms with Crippen molar-refractivity contribution in [2.75, 3.05) is 6.61 Å². The number of ether oxygens (including phenoxy) is 8. The molecule has 0 aromatic heterocycles. The third-order valence-corrected chi connectivity index (χ3v) is 11.7. The van der Waals surface area contributed by atoms with E-state index in [1.165, 1.54) is 0 Å². The molecule has 0 radical (unpaired) electrons. The summed E-state index contributed by atoms with van der Waals surface area (Å²) in [5, 5.41) is 1.98. The van der Waals surface area contributed by atoms with Gasteiger partial charge >= 0.3 is 18.0 Å². The van der Waals surface area contributed by atoms with Gasteiger partial charge < -0.3 is 43.2 Å². The second-order valence-corrected chi connectivity index (χ2v) is 17.8. The van der Waals surface area contributed by atoms with Crippen LogP contribution in [-0.4, -0.2) is 66.1 Å². The van der Waals surface area contributed by atoms with Crippen LogP contribution in [0.3, 0.4) is 0 Å². The number of amides is 1. The second-order valence-electron chi connectivity index (χ2n) is 16.6. The molecule has 12 nitrogen and oxygen atoms in total. The van der Waals surface area contributed by atoms with E-state index in [4.69, 9.17) is 37.9 Å².